The molecule has 0 fully saturated rings. The molecule has 4 nitrogen and oxygen atoms in total. The van der Waals surface area contributed by atoms with E-state index in [4.69, 9.17) is 5.73 Å². The average molecular weight is 288 g/mol. The molecule has 0 heterocycles. The van der Waals surface area contributed by atoms with Crippen molar-refractivity contribution >= 4 is 21.8 Å². The van der Waals surface area contributed by atoms with Gasteiger partial charge in [0.1, 0.15) is 0 Å². The van der Waals surface area contributed by atoms with Gasteiger partial charge in [-0.3, -0.25) is 0 Å². The van der Waals surface area contributed by atoms with Crippen LogP contribution in [-0.2, 0) is 22.3 Å². The molecule has 0 aliphatic heterocycles. The van der Waals surface area contributed by atoms with E-state index in [-0.39, 0.29) is 11.0 Å². The van der Waals surface area contributed by atoms with Gasteiger partial charge in [-0.05, 0) is 17.4 Å². The summed E-state index contributed by atoms with van der Waals surface area (Å²) >= 11 is 1.63. The molecule has 3 N–H and O–H groups in total. The van der Waals surface area contributed by atoms with Crippen molar-refractivity contribution in [2.75, 3.05) is 12.8 Å². The molecule has 0 saturated heterocycles. The van der Waals surface area contributed by atoms with Crippen LogP contribution in [0.4, 0.5) is 0 Å². The molecule has 1 aromatic carbocycles. The predicted octanol–water partition coefficient (Wildman–Crippen LogP) is 1.32. The third kappa shape index (κ3) is 5.39. The zero-order valence-electron chi connectivity index (χ0n) is 10.7. The Morgan fingerprint density at radius 2 is 2.06 bits per heavy atom. The molecule has 6 heteroatoms. The molecule has 1 unspecified atom stereocenters. The van der Waals surface area contributed by atoms with Crippen LogP contribution in [0.2, 0.25) is 0 Å². The first-order valence-corrected chi connectivity index (χ1v) is 8.69. The second-order valence-electron chi connectivity index (χ2n) is 4.18. The molecule has 0 aliphatic rings. The van der Waals surface area contributed by atoms with Crippen molar-refractivity contribution in [1.29, 1.82) is 0 Å². The number of hydrogen-bond donors (Lipinski definition) is 2. The smallest absolute Gasteiger partial charge is 0.215 e. The van der Waals surface area contributed by atoms with Gasteiger partial charge >= 0.3 is 0 Å². The number of thioether (sulfide) groups is 1. The van der Waals surface area contributed by atoms with Crippen LogP contribution in [0.25, 0.3) is 0 Å². The highest BCUT2D eigenvalue weighted by Crippen LogP contribution is 2.09. The first-order valence-electron chi connectivity index (χ1n) is 5.75. The summed E-state index contributed by atoms with van der Waals surface area (Å²) in [4.78, 5) is 0. The van der Waals surface area contributed by atoms with Gasteiger partial charge in [0.2, 0.25) is 10.0 Å². The van der Waals surface area contributed by atoms with Gasteiger partial charge < -0.3 is 5.73 Å². The number of sulfonamides is 1. The number of nitrogens with two attached hydrogens (primary N) is 1. The van der Waals surface area contributed by atoms with Crippen molar-refractivity contribution < 1.29 is 8.42 Å². The quantitative estimate of drug-likeness (QED) is 0.793. The molecule has 1 atom stereocenters. The van der Waals surface area contributed by atoms with Gasteiger partial charge in [-0.15, -0.1) is 0 Å². The molecule has 0 bridgehead atoms. The van der Waals surface area contributed by atoms with Gasteiger partial charge in [-0.1, -0.05) is 31.2 Å². The van der Waals surface area contributed by atoms with Crippen molar-refractivity contribution in [3.05, 3.63) is 35.4 Å². The lowest BCUT2D eigenvalue weighted by Crippen LogP contribution is -2.30. The predicted molar refractivity (Wildman–Crippen MR) is 77.9 cm³/mol. The molecule has 0 aromatic heterocycles. The van der Waals surface area contributed by atoms with E-state index in [1.165, 1.54) is 0 Å². The van der Waals surface area contributed by atoms with E-state index in [0.29, 0.717) is 13.1 Å². The van der Waals surface area contributed by atoms with Gasteiger partial charge in [0.25, 0.3) is 0 Å². The number of rotatable bonds is 7. The van der Waals surface area contributed by atoms with Crippen LogP contribution in [0.15, 0.2) is 24.3 Å². The minimum atomic E-state index is -3.27. The minimum absolute atomic E-state index is 0.00193. The van der Waals surface area contributed by atoms with Crippen molar-refractivity contribution in [1.82, 2.24) is 4.72 Å². The van der Waals surface area contributed by atoms with Crippen LogP contribution >= 0.6 is 11.8 Å². The summed E-state index contributed by atoms with van der Waals surface area (Å²) in [6.07, 6.45) is 1.96. The molecular weight excluding hydrogens is 268 g/mol. The lowest BCUT2D eigenvalue weighted by atomic mass is 10.1. The van der Waals surface area contributed by atoms with Gasteiger partial charge in [-0.25, -0.2) is 13.1 Å². The standard InChI is InChI=1S/C12H20N2O2S2/c1-10(17-2)8-14-18(15,16)9-12-5-3-4-11(6-12)7-13/h3-6,10,14H,7-9,13H2,1-2H3. The van der Waals surface area contributed by atoms with Crippen molar-refractivity contribution in [2.24, 2.45) is 5.73 Å². The summed E-state index contributed by atoms with van der Waals surface area (Å²) in [5.74, 6) is 0.00193. The zero-order chi connectivity index (χ0) is 13.6. The second kappa shape index (κ2) is 7.13. The molecule has 0 amide bonds. The monoisotopic (exact) mass is 288 g/mol. The maximum absolute atomic E-state index is 11.9. The molecule has 0 radical (unpaired) electrons. The molecular formula is C12H20N2O2S2. The van der Waals surface area contributed by atoms with E-state index < -0.39 is 10.0 Å². The third-order valence-corrected chi connectivity index (χ3v) is 4.87. The Hall–Kier alpha value is -0.560. The Labute approximate surface area is 113 Å². The fourth-order valence-corrected chi connectivity index (χ4v) is 3.02. The Bertz CT molecular complexity index is 475. The van der Waals surface area contributed by atoms with Crippen LogP contribution in [0.1, 0.15) is 18.1 Å². The number of hydrogen-bond acceptors (Lipinski definition) is 4. The third-order valence-electron chi connectivity index (χ3n) is 2.58. The molecule has 18 heavy (non-hydrogen) atoms. The molecule has 0 saturated carbocycles. The summed E-state index contributed by atoms with van der Waals surface area (Å²) < 4.78 is 26.4. The Morgan fingerprint density at radius 1 is 1.39 bits per heavy atom. The van der Waals surface area contributed by atoms with Gasteiger partial charge in [0, 0.05) is 18.3 Å². The van der Waals surface area contributed by atoms with Crippen molar-refractivity contribution in [2.45, 2.75) is 24.5 Å². The summed E-state index contributed by atoms with van der Waals surface area (Å²) in [5.41, 5.74) is 7.24. The Morgan fingerprint density at radius 3 is 2.67 bits per heavy atom. The normalized spacial score (nSPS) is 13.5. The van der Waals surface area contributed by atoms with E-state index in [9.17, 15) is 8.42 Å². The van der Waals surface area contributed by atoms with Crippen LogP contribution in [0, 0.1) is 0 Å². The molecule has 102 valence electrons. The average Bonchev–Trinajstić information content (AvgIpc) is 2.35. The van der Waals surface area contributed by atoms with Crippen molar-refractivity contribution in [3.8, 4) is 0 Å². The Kier molecular flexibility index (Phi) is 6.14. The summed E-state index contributed by atoms with van der Waals surface area (Å²) in [6, 6.07) is 7.35. The highest BCUT2D eigenvalue weighted by molar-refractivity contribution is 7.99. The fourth-order valence-electron chi connectivity index (χ4n) is 1.44. The minimum Gasteiger partial charge on any atom is -0.326 e. The SMILES string of the molecule is CSC(C)CNS(=O)(=O)Cc1cccc(CN)c1. The number of benzene rings is 1. The topological polar surface area (TPSA) is 72.2 Å². The van der Waals surface area contributed by atoms with E-state index in [2.05, 4.69) is 4.72 Å². The zero-order valence-corrected chi connectivity index (χ0v) is 12.4. The molecule has 1 aromatic rings. The van der Waals surface area contributed by atoms with E-state index in [0.717, 1.165) is 11.1 Å². The highest BCUT2D eigenvalue weighted by Gasteiger charge is 2.12. The fraction of sp³-hybridized carbons (Fsp3) is 0.500. The van der Waals surface area contributed by atoms with Crippen molar-refractivity contribution in [3.63, 3.8) is 0 Å². The summed E-state index contributed by atoms with van der Waals surface area (Å²) in [6.45, 7) is 2.87. The van der Waals surface area contributed by atoms with Crippen LogP contribution < -0.4 is 10.5 Å². The van der Waals surface area contributed by atoms with E-state index >= 15 is 0 Å². The number of nitrogens with one attached hydrogen (secondary N) is 1. The lowest BCUT2D eigenvalue weighted by Gasteiger charge is -2.11. The largest absolute Gasteiger partial charge is 0.326 e. The maximum atomic E-state index is 11.9. The van der Waals surface area contributed by atoms with E-state index in [1.54, 1.807) is 17.8 Å². The first-order chi connectivity index (χ1) is 8.46. The van der Waals surface area contributed by atoms with Crippen LogP contribution in [-0.4, -0.2) is 26.5 Å². The van der Waals surface area contributed by atoms with Gasteiger partial charge in [0.05, 0.1) is 5.75 Å². The van der Waals surface area contributed by atoms with E-state index in [1.807, 2.05) is 31.4 Å². The first kappa shape index (κ1) is 15.5. The van der Waals surface area contributed by atoms with Gasteiger partial charge in [-0.2, -0.15) is 11.8 Å². The molecule has 0 spiro atoms. The lowest BCUT2D eigenvalue weighted by molar-refractivity contribution is 0.580. The second-order valence-corrected chi connectivity index (χ2v) is 7.26. The molecule has 1 rings (SSSR count). The van der Waals surface area contributed by atoms with Crippen LogP contribution in [0.5, 0.6) is 0 Å². The van der Waals surface area contributed by atoms with Crippen LogP contribution in [0.3, 0.4) is 0 Å². The molecule has 0 aliphatic carbocycles. The summed E-state index contributed by atoms with van der Waals surface area (Å²) in [5, 5.41) is 0.273. The highest BCUT2D eigenvalue weighted by atomic mass is 32.2. The summed E-state index contributed by atoms with van der Waals surface area (Å²) in [7, 11) is -3.27. The maximum Gasteiger partial charge on any atom is 0.215 e. The Balaban J connectivity index is 2.64. The van der Waals surface area contributed by atoms with Gasteiger partial charge in [0.15, 0.2) is 0 Å².